The van der Waals surface area contributed by atoms with Crippen LogP contribution < -0.4 is 0 Å². The topological polar surface area (TPSA) is 78.9 Å². The summed E-state index contributed by atoms with van der Waals surface area (Å²) < 4.78 is 16.6. The molecule has 0 fully saturated rings. The average molecular weight is 737 g/mol. The van der Waals surface area contributed by atoms with Gasteiger partial charge in [-0.05, 0) is 19.3 Å². The molecule has 0 spiro atoms. The standard InChI is InChI=1S/C46H88O6/c1-4-7-10-13-16-18-19-20-21-22-23-24-25-26-28-30-33-36-39-45(48)51-42-43(41-50-44(47)38-35-32-29-15-12-9-6-3)52-46(49)40-37-34-31-27-17-14-11-8-5-2/h43H,4-42H2,1-3H3/t43-/m1/s1. The summed E-state index contributed by atoms with van der Waals surface area (Å²) >= 11 is 0. The van der Waals surface area contributed by atoms with Crippen LogP contribution in [-0.4, -0.2) is 37.2 Å². The Hall–Kier alpha value is -1.59. The Morgan fingerprint density at radius 2 is 0.519 bits per heavy atom. The van der Waals surface area contributed by atoms with Crippen LogP contribution in [0.15, 0.2) is 0 Å². The van der Waals surface area contributed by atoms with Crippen molar-refractivity contribution in [3.63, 3.8) is 0 Å². The average Bonchev–Trinajstić information content (AvgIpc) is 3.14. The van der Waals surface area contributed by atoms with Crippen LogP contribution in [0, 0.1) is 0 Å². The Kier molecular flexibility index (Phi) is 40.9. The fraction of sp³-hybridized carbons (Fsp3) is 0.935. The zero-order chi connectivity index (χ0) is 38.0. The fourth-order valence-corrected chi connectivity index (χ4v) is 6.85. The zero-order valence-electron chi connectivity index (χ0n) is 35.1. The van der Waals surface area contributed by atoms with Crippen molar-refractivity contribution in [2.75, 3.05) is 13.2 Å². The lowest BCUT2D eigenvalue weighted by atomic mass is 10.0. The van der Waals surface area contributed by atoms with Gasteiger partial charge in [0.1, 0.15) is 13.2 Å². The van der Waals surface area contributed by atoms with Crippen molar-refractivity contribution in [1.29, 1.82) is 0 Å². The first-order valence-corrected chi connectivity index (χ1v) is 23.0. The molecule has 0 amide bonds. The van der Waals surface area contributed by atoms with Crippen molar-refractivity contribution in [2.45, 2.75) is 264 Å². The third-order valence-electron chi connectivity index (χ3n) is 10.4. The summed E-state index contributed by atoms with van der Waals surface area (Å²) in [6.45, 7) is 6.60. The minimum atomic E-state index is -0.756. The number of carbonyl (C=O) groups excluding carboxylic acids is 3. The zero-order valence-corrected chi connectivity index (χ0v) is 35.1. The second-order valence-corrected chi connectivity index (χ2v) is 15.7. The van der Waals surface area contributed by atoms with E-state index in [1.807, 2.05) is 0 Å². The maximum absolute atomic E-state index is 12.6. The number of ether oxygens (including phenoxy) is 3. The van der Waals surface area contributed by atoms with E-state index in [9.17, 15) is 14.4 Å². The minimum absolute atomic E-state index is 0.0634. The highest BCUT2D eigenvalue weighted by Crippen LogP contribution is 2.16. The SMILES string of the molecule is CCCCCCCCCCCCCCCCCCCCC(=O)OC[C@@H](COC(=O)CCCCCCCCC)OC(=O)CCCCCCCCCCC. The van der Waals surface area contributed by atoms with Crippen molar-refractivity contribution in [1.82, 2.24) is 0 Å². The highest BCUT2D eigenvalue weighted by Gasteiger charge is 2.19. The van der Waals surface area contributed by atoms with Gasteiger partial charge in [-0.25, -0.2) is 0 Å². The molecule has 308 valence electrons. The van der Waals surface area contributed by atoms with Gasteiger partial charge in [-0.15, -0.1) is 0 Å². The molecule has 0 aliphatic rings. The number of hydrogen-bond donors (Lipinski definition) is 0. The summed E-state index contributed by atoms with van der Waals surface area (Å²) in [5.41, 5.74) is 0. The van der Waals surface area contributed by atoms with Crippen LogP contribution >= 0.6 is 0 Å². The molecule has 0 aromatic carbocycles. The Labute approximate surface area is 323 Å². The van der Waals surface area contributed by atoms with Gasteiger partial charge in [0, 0.05) is 19.3 Å². The summed E-state index contributed by atoms with van der Waals surface area (Å²) in [5, 5.41) is 0. The number of esters is 3. The van der Waals surface area contributed by atoms with E-state index in [0.717, 1.165) is 57.8 Å². The maximum atomic E-state index is 12.6. The summed E-state index contributed by atoms with van der Waals surface area (Å²) in [7, 11) is 0. The van der Waals surface area contributed by atoms with Gasteiger partial charge in [0.15, 0.2) is 6.10 Å². The van der Waals surface area contributed by atoms with Crippen molar-refractivity contribution in [2.24, 2.45) is 0 Å². The molecule has 0 N–H and O–H groups in total. The van der Waals surface area contributed by atoms with Gasteiger partial charge >= 0.3 is 17.9 Å². The molecule has 6 heteroatoms. The predicted octanol–water partition coefficient (Wildman–Crippen LogP) is 14.5. The molecule has 0 aromatic rings. The first-order valence-electron chi connectivity index (χ1n) is 23.0. The molecule has 0 aliphatic heterocycles. The lowest BCUT2D eigenvalue weighted by Crippen LogP contribution is -2.30. The Morgan fingerprint density at radius 3 is 0.769 bits per heavy atom. The van der Waals surface area contributed by atoms with Gasteiger partial charge in [0.2, 0.25) is 0 Å². The Balaban J connectivity index is 4.15. The van der Waals surface area contributed by atoms with Gasteiger partial charge in [-0.2, -0.15) is 0 Å². The van der Waals surface area contributed by atoms with E-state index in [1.54, 1.807) is 0 Å². The summed E-state index contributed by atoms with van der Waals surface area (Å²) in [4.78, 5) is 37.5. The fourth-order valence-electron chi connectivity index (χ4n) is 6.85. The lowest BCUT2D eigenvalue weighted by Gasteiger charge is -2.18. The Bertz CT molecular complexity index is 768. The molecule has 1 atom stereocenters. The van der Waals surface area contributed by atoms with Crippen LogP contribution in [0.4, 0.5) is 0 Å². The molecule has 0 saturated heterocycles. The van der Waals surface area contributed by atoms with E-state index in [0.29, 0.717) is 19.3 Å². The van der Waals surface area contributed by atoms with E-state index in [1.165, 1.54) is 161 Å². The molecule has 0 bridgehead atoms. The van der Waals surface area contributed by atoms with E-state index in [2.05, 4.69) is 20.8 Å². The molecule has 0 radical (unpaired) electrons. The highest BCUT2D eigenvalue weighted by atomic mass is 16.6. The van der Waals surface area contributed by atoms with Crippen LogP contribution in [0.3, 0.4) is 0 Å². The smallest absolute Gasteiger partial charge is 0.306 e. The van der Waals surface area contributed by atoms with Gasteiger partial charge in [0.05, 0.1) is 0 Å². The molecule has 0 heterocycles. The van der Waals surface area contributed by atoms with Crippen molar-refractivity contribution >= 4 is 17.9 Å². The molecule has 52 heavy (non-hydrogen) atoms. The second kappa shape index (κ2) is 42.2. The molecular formula is C46H88O6. The maximum Gasteiger partial charge on any atom is 0.306 e. The van der Waals surface area contributed by atoms with Crippen LogP contribution in [0.1, 0.15) is 258 Å². The van der Waals surface area contributed by atoms with E-state index < -0.39 is 6.10 Å². The molecule has 0 aliphatic carbocycles. The van der Waals surface area contributed by atoms with Crippen LogP contribution in [0.25, 0.3) is 0 Å². The highest BCUT2D eigenvalue weighted by molar-refractivity contribution is 5.71. The first kappa shape index (κ1) is 50.4. The molecule has 0 unspecified atom stereocenters. The van der Waals surface area contributed by atoms with Crippen molar-refractivity contribution in [3.05, 3.63) is 0 Å². The van der Waals surface area contributed by atoms with Crippen LogP contribution in [-0.2, 0) is 28.6 Å². The monoisotopic (exact) mass is 737 g/mol. The largest absolute Gasteiger partial charge is 0.462 e. The third kappa shape index (κ3) is 39.6. The summed E-state index contributed by atoms with van der Waals surface area (Å²) in [5.74, 6) is -0.861. The van der Waals surface area contributed by atoms with E-state index >= 15 is 0 Å². The van der Waals surface area contributed by atoms with Crippen molar-refractivity contribution < 1.29 is 28.6 Å². The van der Waals surface area contributed by atoms with E-state index in [-0.39, 0.29) is 31.1 Å². The lowest BCUT2D eigenvalue weighted by molar-refractivity contribution is -0.167. The molecular weight excluding hydrogens is 648 g/mol. The van der Waals surface area contributed by atoms with Crippen LogP contribution in [0.2, 0.25) is 0 Å². The summed E-state index contributed by atoms with van der Waals surface area (Å²) in [6.07, 6.45) is 42.5. The normalized spacial score (nSPS) is 11.8. The first-order chi connectivity index (χ1) is 25.5. The second-order valence-electron chi connectivity index (χ2n) is 15.7. The van der Waals surface area contributed by atoms with Gasteiger partial charge < -0.3 is 14.2 Å². The van der Waals surface area contributed by atoms with Crippen molar-refractivity contribution in [3.8, 4) is 0 Å². The van der Waals surface area contributed by atoms with Gasteiger partial charge in [0.25, 0.3) is 0 Å². The van der Waals surface area contributed by atoms with Crippen LogP contribution in [0.5, 0.6) is 0 Å². The molecule has 6 nitrogen and oxygen atoms in total. The predicted molar refractivity (Wildman–Crippen MR) is 220 cm³/mol. The number of carbonyl (C=O) groups is 3. The molecule has 0 rings (SSSR count). The molecule has 0 aromatic heterocycles. The number of unbranched alkanes of at least 4 members (excludes halogenated alkanes) is 31. The number of rotatable bonds is 42. The third-order valence-corrected chi connectivity index (χ3v) is 10.4. The minimum Gasteiger partial charge on any atom is -0.462 e. The van der Waals surface area contributed by atoms with E-state index in [4.69, 9.17) is 14.2 Å². The van der Waals surface area contributed by atoms with Gasteiger partial charge in [-0.1, -0.05) is 220 Å². The number of hydrogen-bond acceptors (Lipinski definition) is 6. The molecule has 0 saturated carbocycles. The Morgan fingerprint density at radius 1 is 0.308 bits per heavy atom. The summed E-state index contributed by atoms with van der Waals surface area (Å²) in [6, 6.07) is 0. The van der Waals surface area contributed by atoms with Gasteiger partial charge in [-0.3, -0.25) is 14.4 Å². The quantitative estimate of drug-likeness (QED) is 0.0353.